The molecule has 4 nitrogen and oxygen atoms in total. The number of aryl methyl sites for hydroxylation is 1. The van der Waals surface area contributed by atoms with Crippen LogP contribution < -0.4 is 0 Å². The number of rotatable bonds is 2. The molecule has 2 heterocycles. The van der Waals surface area contributed by atoms with E-state index in [1.807, 2.05) is 6.92 Å². The minimum absolute atomic E-state index is 0.0558. The van der Waals surface area contributed by atoms with Crippen molar-refractivity contribution in [3.63, 3.8) is 0 Å². The Labute approximate surface area is 90.3 Å². The van der Waals surface area contributed by atoms with Gasteiger partial charge in [-0.05, 0) is 24.6 Å². The van der Waals surface area contributed by atoms with E-state index in [2.05, 4.69) is 9.97 Å². The maximum Gasteiger partial charge on any atom is 0.354 e. The van der Waals surface area contributed by atoms with Gasteiger partial charge >= 0.3 is 5.97 Å². The highest BCUT2D eigenvalue weighted by molar-refractivity contribution is 7.13. The van der Waals surface area contributed by atoms with Gasteiger partial charge in [-0.25, -0.2) is 14.8 Å². The summed E-state index contributed by atoms with van der Waals surface area (Å²) in [5.74, 6) is -1.01. The highest BCUT2D eigenvalue weighted by atomic mass is 32.1. The van der Waals surface area contributed by atoms with Crippen molar-refractivity contribution < 1.29 is 9.90 Å². The monoisotopic (exact) mass is 220 g/mol. The van der Waals surface area contributed by atoms with Crippen molar-refractivity contribution >= 4 is 17.3 Å². The number of pyridine rings is 1. The van der Waals surface area contributed by atoms with Crippen molar-refractivity contribution in [3.8, 4) is 10.4 Å². The second kappa shape index (κ2) is 3.78. The standard InChI is InChI=1S/C10H8N2O2S/c1-6-9(15-5-12-6)7-2-3-11-8(4-7)10(13)14/h2-5H,1H3,(H,13,14). The van der Waals surface area contributed by atoms with Crippen molar-refractivity contribution in [1.29, 1.82) is 0 Å². The van der Waals surface area contributed by atoms with Crippen LogP contribution in [0.25, 0.3) is 10.4 Å². The average Bonchev–Trinajstić information content (AvgIpc) is 2.64. The Morgan fingerprint density at radius 1 is 1.47 bits per heavy atom. The lowest BCUT2D eigenvalue weighted by molar-refractivity contribution is 0.0690. The summed E-state index contributed by atoms with van der Waals surface area (Å²) in [6, 6.07) is 3.34. The second-order valence-corrected chi connectivity index (χ2v) is 3.86. The fourth-order valence-corrected chi connectivity index (χ4v) is 2.07. The van der Waals surface area contributed by atoms with E-state index in [-0.39, 0.29) is 5.69 Å². The molecule has 0 aliphatic carbocycles. The molecule has 76 valence electrons. The smallest absolute Gasteiger partial charge is 0.354 e. The maximum absolute atomic E-state index is 10.7. The van der Waals surface area contributed by atoms with Crippen LogP contribution in [0.3, 0.4) is 0 Å². The van der Waals surface area contributed by atoms with Gasteiger partial charge in [-0.1, -0.05) is 0 Å². The molecular formula is C10H8N2O2S. The van der Waals surface area contributed by atoms with Gasteiger partial charge in [0, 0.05) is 6.20 Å². The van der Waals surface area contributed by atoms with Crippen LogP contribution >= 0.6 is 11.3 Å². The topological polar surface area (TPSA) is 63.1 Å². The fourth-order valence-electron chi connectivity index (χ4n) is 1.27. The van der Waals surface area contributed by atoms with E-state index in [1.54, 1.807) is 17.6 Å². The van der Waals surface area contributed by atoms with Crippen LogP contribution in [0.1, 0.15) is 16.2 Å². The number of nitrogens with zero attached hydrogens (tertiary/aromatic N) is 2. The molecule has 5 heteroatoms. The van der Waals surface area contributed by atoms with Crippen molar-refractivity contribution in [2.45, 2.75) is 6.92 Å². The zero-order valence-electron chi connectivity index (χ0n) is 7.97. The predicted octanol–water partition coefficient (Wildman–Crippen LogP) is 2.21. The molecule has 15 heavy (non-hydrogen) atoms. The summed E-state index contributed by atoms with van der Waals surface area (Å²) >= 11 is 1.49. The third-order valence-electron chi connectivity index (χ3n) is 1.99. The third kappa shape index (κ3) is 1.87. The summed E-state index contributed by atoms with van der Waals surface area (Å²) in [7, 11) is 0. The highest BCUT2D eigenvalue weighted by Crippen LogP contribution is 2.26. The van der Waals surface area contributed by atoms with E-state index in [1.165, 1.54) is 17.5 Å². The molecule has 0 saturated carbocycles. The van der Waals surface area contributed by atoms with Crippen molar-refractivity contribution in [2.24, 2.45) is 0 Å². The summed E-state index contributed by atoms with van der Waals surface area (Å²) in [4.78, 5) is 19.6. The summed E-state index contributed by atoms with van der Waals surface area (Å²) in [6.07, 6.45) is 1.50. The Morgan fingerprint density at radius 2 is 2.27 bits per heavy atom. The molecule has 0 bridgehead atoms. The number of aromatic carboxylic acids is 1. The van der Waals surface area contributed by atoms with Crippen molar-refractivity contribution in [1.82, 2.24) is 9.97 Å². The summed E-state index contributed by atoms with van der Waals surface area (Å²) < 4.78 is 0. The number of hydrogen-bond acceptors (Lipinski definition) is 4. The van der Waals surface area contributed by atoms with E-state index in [9.17, 15) is 4.79 Å². The molecule has 0 amide bonds. The first-order chi connectivity index (χ1) is 7.18. The van der Waals surface area contributed by atoms with Gasteiger partial charge < -0.3 is 5.11 Å². The summed E-state index contributed by atoms with van der Waals surface area (Å²) in [6.45, 7) is 1.90. The molecule has 0 fully saturated rings. The van der Waals surface area contributed by atoms with Gasteiger partial charge in [0.05, 0.1) is 16.1 Å². The number of carbonyl (C=O) groups is 1. The van der Waals surface area contributed by atoms with Crippen LogP contribution in [0.15, 0.2) is 23.8 Å². The molecule has 0 saturated heterocycles. The number of aromatic nitrogens is 2. The zero-order chi connectivity index (χ0) is 10.8. The normalized spacial score (nSPS) is 10.2. The van der Waals surface area contributed by atoms with Crippen molar-refractivity contribution in [2.75, 3.05) is 0 Å². The molecular weight excluding hydrogens is 212 g/mol. The average molecular weight is 220 g/mol. The van der Waals surface area contributed by atoms with E-state index in [0.717, 1.165) is 16.1 Å². The van der Waals surface area contributed by atoms with Crippen molar-refractivity contribution in [3.05, 3.63) is 35.2 Å². The van der Waals surface area contributed by atoms with E-state index >= 15 is 0 Å². The molecule has 2 aromatic rings. The first-order valence-electron chi connectivity index (χ1n) is 4.28. The minimum Gasteiger partial charge on any atom is -0.477 e. The zero-order valence-corrected chi connectivity index (χ0v) is 8.78. The second-order valence-electron chi connectivity index (χ2n) is 3.00. The Kier molecular flexibility index (Phi) is 2.47. The van der Waals surface area contributed by atoms with E-state index in [0.29, 0.717) is 0 Å². The summed E-state index contributed by atoms with van der Waals surface area (Å²) in [5, 5.41) is 8.80. The van der Waals surface area contributed by atoms with E-state index < -0.39 is 5.97 Å². The van der Waals surface area contributed by atoms with Crippen LogP contribution in [0, 0.1) is 6.92 Å². The minimum atomic E-state index is -1.01. The molecule has 0 aromatic carbocycles. The van der Waals surface area contributed by atoms with E-state index in [4.69, 9.17) is 5.11 Å². The Morgan fingerprint density at radius 3 is 2.87 bits per heavy atom. The largest absolute Gasteiger partial charge is 0.477 e. The van der Waals surface area contributed by atoms with Gasteiger partial charge in [-0.3, -0.25) is 0 Å². The van der Waals surface area contributed by atoms with Gasteiger partial charge in [0.2, 0.25) is 0 Å². The van der Waals surface area contributed by atoms with Gasteiger partial charge in [0.15, 0.2) is 0 Å². The molecule has 2 rings (SSSR count). The Hall–Kier alpha value is -1.75. The van der Waals surface area contributed by atoms with Gasteiger partial charge in [-0.15, -0.1) is 11.3 Å². The van der Waals surface area contributed by atoms with Crippen LogP contribution in [0.2, 0.25) is 0 Å². The lowest BCUT2D eigenvalue weighted by Crippen LogP contribution is -1.99. The molecule has 0 aliphatic heterocycles. The quantitative estimate of drug-likeness (QED) is 0.842. The Balaban J connectivity index is 2.50. The summed E-state index contributed by atoms with van der Waals surface area (Å²) in [5.41, 5.74) is 3.55. The maximum atomic E-state index is 10.7. The SMILES string of the molecule is Cc1ncsc1-c1ccnc(C(=O)O)c1. The molecule has 0 radical (unpaired) electrons. The lowest BCUT2D eigenvalue weighted by Gasteiger charge is -1.99. The molecule has 1 N–H and O–H groups in total. The van der Waals surface area contributed by atoms with Crippen LogP contribution in [0.5, 0.6) is 0 Å². The molecule has 0 unspecified atom stereocenters. The predicted molar refractivity (Wildman–Crippen MR) is 57.0 cm³/mol. The van der Waals surface area contributed by atoms with Gasteiger partial charge in [-0.2, -0.15) is 0 Å². The van der Waals surface area contributed by atoms with Gasteiger partial charge in [0.25, 0.3) is 0 Å². The van der Waals surface area contributed by atoms with Crippen LogP contribution in [-0.4, -0.2) is 21.0 Å². The first-order valence-corrected chi connectivity index (χ1v) is 5.16. The molecule has 2 aromatic heterocycles. The molecule has 0 spiro atoms. The number of hydrogen-bond donors (Lipinski definition) is 1. The van der Waals surface area contributed by atoms with Gasteiger partial charge in [0.1, 0.15) is 5.69 Å². The molecule has 0 aliphatic rings. The third-order valence-corrected chi connectivity index (χ3v) is 2.96. The van der Waals surface area contributed by atoms with Crippen LogP contribution in [0.4, 0.5) is 0 Å². The fraction of sp³-hybridized carbons (Fsp3) is 0.100. The number of carboxylic acids is 1. The highest BCUT2D eigenvalue weighted by Gasteiger charge is 2.09. The van der Waals surface area contributed by atoms with Crippen LogP contribution in [-0.2, 0) is 0 Å². The first kappa shape index (κ1) is 9.79. The number of thiazole rings is 1. The molecule has 0 atom stereocenters. The Bertz CT molecular complexity index is 508. The lowest BCUT2D eigenvalue weighted by atomic mass is 10.2. The number of carboxylic acid groups (broad SMARTS) is 1.